The van der Waals surface area contributed by atoms with Crippen LogP contribution in [0.1, 0.15) is 69.7 Å². The number of rotatable bonds is 6. The van der Waals surface area contributed by atoms with Crippen molar-refractivity contribution in [2.24, 2.45) is 0 Å². The van der Waals surface area contributed by atoms with Crippen molar-refractivity contribution in [3.8, 4) is 0 Å². The van der Waals surface area contributed by atoms with Crippen molar-refractivity contribution in [3.63, 3.8) is 0 Å². The second-order valence-electron chi connectivity index (χ2n) is 8.66. The molecule has 2 heterocycles. The highest BCUT2D eigenvalue weighted by Gasteiger charge is 2.30. The van der Waals surface area contributed by atoms with E-state index in [1.54, 1.807) is 11.8 Å². The van der Waals surface area contributed by atoms with Crippen LogP contribution in [-0.2, 0) is 38.3 Å². The number of carbonyl (C=O) groups excluding carboxylic acids is 1. The number of ether oxygens (including phenoxy) is 2. The molecule has 1 aromatic carbocycles. The molecule has 29 heavy (non-hydrogen) atoms. The maximum atomic E-state index is 12.9. The molecule has 0 radical (unpaired) electrons. The third-order valence-electron chi connectivity index (χ3n) is 5.27. The van der Waals surface area contributed by atoms with E-state index < -0.39 is 15.7 Å². The Morgan fingerprint density at radius 1 is 1.31 bits per heavy atom. The van der Waals surface area contributed by atoms with Gasteiger partial charge in [0.1, 0.15) is 0 Å². The zero-order valence-electron chi connectivity index (χ0n) is 17.6. The topological polar surface area (TPSA) is 67.9 Å². The van der Waals surface area contributed by atoms with E-state index >= 15 is 0 Å². The van der Waals surface area contributed by atoms with Crippen LogP contribution in [0.2, 0.25) is 5.02 Å². The average molecular weight is 443 g/mol. The van der Waals surface area contributed by atoms with Gasteiger partial charge in [0, 0.05) is 37.5 Å². The first-order valence-electron chi connectivity index (χ1n) is 10.1. The van der Waals surface area contributed by atoms with E-state index in [4.69, 9.17) is 21.1 Å². The summed E-state index contributed by atoms with van der Waals surface area (Å²) >= 11 is 6.42. The molecule has 6 nitrogen and oxygen atoms in total. The predicted molar refractivity (Wildman–Crippen MR) is 115 cm³/mol. The van der Waals surface area contributed by atoms with Crippen molar-refractivity contribution in [1.29, 1.82) is 0 Å². The number of nitrogens with one attached hydrogen (secondary N) is 1. The monoisotopic (exact) mass is 442 g/mol. The van der Waals surface area contributed by atoms with Gasteiger partial charge in [-0.05, 0) is 62.4 Å². The molecule has 8 heteroatoms. The van der Waals surface area contributed by atoms with Gasteiger partial charge >= 0.3 is 0 Å². The van der Waals surface area contributed by atoms with Gasteiger partial charge in [-0.2, -0.15) is 0 Å². The van der Waals surface area contributed by atoms with Crippen LogP contribution in [0, 0.1) is 0 Å². The van der Waals surface area contributed by atoms with Crippen LogP contribution in [0.25, 0.3) is 0 Å². The molecule has 2 aliphatic rings. The largest absolute Gasteiger partial charge is 0.353 e. The predicted octanol–water partition coefficient (Wildman–Crippen LogP) is 3.84. The summed E-state index contributed by atoms with van der Waals surface area (Å²) in [6, 6.07) is 3.68. The fraction of sp³-hybridized carbons (Fsp3) is 0.667. The summed E-state index contributed by atoms with van der Waals surface area (Å²) in [4.78, 5) is 13.7. The lowest BCUT2D eigenvalue weighted by atomic mass is 9.95. The average Bonchev–Trinajstić information content (AvgIpc) is 3.08. The van der Waals surface area contributed by atoms with Gasteiger partial charge in [0.15, 0.2) is 6.29 Å². The molecular formula is C21H31ClN2O4S. The van der Waals surface area contributed by atoms with E-state index in [9.17, 15) is 9.00 Å². The van der Waals surface area contributed by atoms with E-state index in [-0.39, 0.29) is 18.2 Å². The summed E-state index contributed by atoms with van der Waals surface area (Å²) in [5.41, 5.74) is 3.16. The Bertz CT molecular complexity index is 775. The second-order valence-corrected chi connectivity index (χ2v) is 11.1. The fourth-order valence-corrected chi connectivity index (χ4v) is 4.73. The van der Waals surface area contributed by atoms with E-state index in [1.165, 1.54) is 0 Å². The van der Waals surface area contributed by atoms with E-state index in [0.29, 0.717) is 44.2 Å². The summed E-state index contributed by atoms with van der Waals surface area (Å²) in [7, 11) is -1.25. The summed E-state index contributed by atoms with van der Waals surface area (Å²) < 4.78 is 27.2. The maximum Gasteiger partial charge on any atom is 0.220 e. The quantitative estimate of drug-likeness (QED) is 0.726. The van der Waals surface area contributed by atoms with E-state index in [2.05, 4.69) is 4.72 Å². The molecule has 0 bridgehead atoms. The Morgan fingerprint density at radius 3 is 2.62 bits per heavy atom. The van der Waals surface area contributed by atoms with E-state index in [0.717, 1.165) is 23.1 Å². The highest BCUT2D eigenvalue weighted by atomic mass is 35.5. The molecule has 1 aromatic rings. The normalized spacial score (nSPS) is 19.8. The van der Waals surface area contributed by atoms with Crippen LogP contribution in [0.4, 0.5) is 0 Å². The van der Waals surface area contributed by atoms with Gasteiger partial charge in [0.05, 0.1) is 28.9 Å². The summed E-state index contributed by atoms with van der Waals surface area (Å²) in [5.74, 6) is 0.0371. The van der Waals surface area contributed by atoms with Crippen LogP contribution in [0.3, 0.4) is 0 Å². The Labute approximate surface area is 180 Å². The van der Waals surface area contributed by atoms with Crippen LogP contribution in [-0.4, -0.2) is 39.3 Å². The SMILES string of the molecule is CC(=O)N1Cc2cc(Cl)cc([C@H](CCC3OCCCO3)N[S@@](=O)C(C)(C)C)c2C1. The number of benzene rings is 1. The molecule has 162 valence electrons. The Kier molecular flexibility index (Phi) is 7.38. The van der Waals surface area contributed by atoms with Gasteiger partial charge in [-0.15, -0.1) is 0 Å². The van der Waals surface area contributed by atoms with Crippen LogP contribution >= 0.6 is 11.6 Å². The minimum atomic E-state index is -1.25. The number of hydrogen-bond acceptors (Lipinski definition) is 4. The molecule has 1 N–H and O–H groups in total. The first-order valence-corrected chi connectivity index (χ1v) is 11.7. The summed E-state index contributed by atoms with van der Waals surface area (Å²) in [6.07, 6.45) is 2.06. The number of carbonyl (C=O) groups is 1. The lowest BCUT2D eigenvalue weighted by Gasteiger charge is -2.29. The zero-order valence-corrected chi connectivity index (χ0v) is 19.2. The molecule has 0 spiro atoms. The van der Waals surface area contributed by atoms with Crippen molar-refractivity contribution >= 4 is 28.5 Å². The van der Waals surface area contributed by atoms with Crippen LogP contribution in [0.15, 0.2) is 12.1 Å². The summed E-state index contributed by atoms with van der Waals surface area (Å²) in [6.45, 7) is 9.93. The van der Waals surface area contributed by atoms with Crippen LogP contribution in [0.5, 0.6) is 0 Å². The molecule has 1 amide bonds. The first-order chi connectivity index (χ1) is 13.6. The molecule has 0 unspecified atom stereocenters. The van der Waals surface area contributed by atoms with Crippen molar-refractivity contribution in [3.05, 3.63) is 33.8 Å². The van der Waals surface area contributed by atoms with Crippen molar-refractivity contribution in [2.75, 3.05) is 13.2 Å². The molecular weight excluding hydrogens is 412 g/mol. The third kappa shape index (κ3) is 5.79. The molecule has 0 saturated carbocycles. The molecule has 0 aromatic heterocycles. The van der Waals surface area contributed by atoms with Gasteiger partial charge in [0.25, 0.3) is 0 Å². The second kappa shape index (κ2) is 9.43. The molecule has 3 rings (SSSR count). The smallest absolute Gasteiger partial charge is 0.220 e. The van der Waals surface area contributed by atoms with E-state index in [1.807, 2.05) is 32.9 Å². The Balaban J connectivity index is 1.87. The van der Waals surface area contributed by atoms with Gasteiger partial charge in [0.2, 0.25) is 5.91 Å². The third-order valence-corrected chi connectivity index (χ3v) is 7.09. The van der Waals surface area contributed by atoms with Gasteiger partial charge in [-0.3, -0.25) is 4.79 Å². The number of amides is 1. The maximum absolute atomic E-state index is 12.9. The molecule has 2 aliphatic heterocycles. The molecule has 1 fully saturated rings. The number of nitrogens with zero attached hydrogens (tertiary/aromatic N) is 1. The fourth-order valence-electron chi connectivity index (χ4n) is 3.63. The van der Waals surface area contributed by atoms with Gasteiger partial charge in [-0.1, -0.05) is 11.6 Å². The minimum absolute atomic E-state index is 0.0371. The molecule has 2 atom stereocenters. The Hall–Kier alpha value is -0.990. The zero-order chi connectivity index (χ0) is 21.2. The molecule has 0 aliphatic carbocycles. The van der Waals surface area contributed by atoms with Crippen molar-refractivity contribution in [1.82, 2.24) is 9.62 Å². The van der Waals surface area contributed by atoms with Crippen molar-refractivity contribution in [2.45, 2.75) is 77.1 Å². The Morgan fingerprint density at radius 2 is 2.00 bits per heavy atom. The number of halogens is 1. The number of fused-ring (bicyclic) bond motifs is 1. The number of hydrogen-bond donors (Lipinski definition) is 1. The highest BCUT2D eigenvalue weighted by Crippen LogP contribution is 2.35. The van der Waals surface area contributed by atoms with Gasteiger partial charge in [-0.25, -0.2) is 8.93 Å². The summed E-state index contributed by atoms with van der Waals surface area (Å²) in [5, 5.41) is 0.627. The molecule has 1 saturated heterocycles. The van der Waals surface area contributed by atoms with Crippen LogP contribution < -0.4 is 4.72 Å². The van der Waals surface area contributed by atoms with Crippen molar-refractivity contribution < 1.29 is 18.5 Å². The highest BCUT2D eigenvalue weighted by molar-refractivity contribution is 7.84. The lowest BCUT2D eigenvalue weighted by molar-refractivity contribution is -0.182. The minimum Gasteiger partial charge on any atom is -0.353 e. The standard InChI is InChI=1S/C21H31ClN2O4S/c1-14(25)24-12-15-10-16(22)11-17(18(15)13-24)19(23-29(26)21(2,3)4)6-7-20-27-8-5-9-28-20/h10-11,19-20,23H,5-9,12-13H2,1-4H3/t19-,29-/m0/s1. The van der Waals surface area contributed by atoms with Gasteiger partial charge < -0.3 is 14.4 Å². The first kappa shape index (κ1) is 22.7. The lowest BCUT2D eigenvalue weighted by Crippen LogP contribution is -2.37.